The molecule has 0 aliphatic carbocycles. The Morgan fingerprint density at radius 3 is 2.90 bits per heavy atom. The van der Waals surface area contributed by atoms with E-state index in [9.17, 15) is 0 Å². The lowest BCUT2D eigenvalue weighted by Gasteiger charge is -2.16. The third-order valence-corrected chi connectivity index (χ3v) is 3.89. The lowest BCUT2D eigenvalue weighted by atomic mass is 10.0. The molecule has 0 saturated heterocycles. The van der Waals surface area contributed by atoms with Gasteiger partial charge in [-0.15, -0.1) is 11.3 Å². The standard InChI is InChI=1S/C16H22N2OS/c1-4-7-17-13(3)14-5-6-16(12(2)8-14)19-9-15-10-20-11-18-15/h5-6,8,10-11,13,17H,4,7,9H2,1-3H3. The zero-order valence-corrected chi connectivity index (χ0v) is 13.2. The monoisotopic (exact) mass is 290 g/mol. The molecule has 1 aromatic heterocycles. The minimum atomic E-state index is 0.376. The fraction of sp³-hybridized carbons (Fsp3) is 0.438. The number of aryl methyl sites for hydroxylation is 1. The van der Waals surface area contributed by atoms with Crippen molar-refractivity contribution in [2.45, 2.75) is 39.8 Å². The van der Waals surface area contributed by atoms with Crippen LogP contribution in [0.25, 0.3) is 0 Å². The van der Waals surface area contributed by atoms with Gasteiger partial charge in [-0.05, 0) is 44.0 Å². The molecule has 108 valence electrons. The molecule has 0 aliphatic heterocycles. The largest absolute Gasteiger partial charge is 0.487 e. The quantitative estimate of drug-likeness (QED) is 0.834. The van der Waals surface area contributed by atoms with Crippen molar-refractivity contribution < 1.29 is 4.74 Å². The molecule has 1 atom stereocenters. The van der Waals surface area contributed by atoms with Gasteiger partial charge in [-0.3, -0.25) is 0 Å². The van der Waals surface area contributed by atoms with Gasteiger partial charge in [0.1, 0.15) is 12.4 Å². The number of aromatic nitrogens is 1. The van der Waals surface area contributed by atoms with Crippen LogP contribution >= 0.6 is 11.3 Å². The molecule has 1 unspecified atom stereocenters. The maximum absolute atomic E-state index is 5.82. The molecule has 0 spiro atoms. The maximum Gasteiger partial charge on any atom is 0.131 e. The first-order valence-corrected chi connectivity index (χ1v) is 7.98. The van der Waals surface area contributed by atoms with Gasteiger partial charge < -0.3 is 10.1 Å². The van der Waals surface area contributed by atoms with E-state index < -0.39 is 0 Å². The summed E-state index contributed by atoms with van der Waals surface area (Å²) < 4.78 is 5.82. The highest BCUT2D eigenvalue weighted by molar-refractivity contribution is 7.07. The van der Waals surface area contributed by atoms with E-state index in [0.717, 1.165) is 24.4 Å². The number of hydrogen-bond acceptors (Lipinski definition) is 4. The number of ether oxygens (including phenoxy) is 1. The van der Waals surface area contributed by atoms with Crippen molar-refractivity contribution in [2.24, 2.45) is 0 Å². The molecule has 0 aliphatic rings. The third-order valence-electron chi connectivity index (χ3n) is 3.26. The maximum atomic E-state index is 5.82. The summed E-state index contributed by atoms with van der Waals surface area (Å²) in [5, 5.41) is 5.51. The Balaban J connectivity index is 1.98. The van der Waals surface area contributed by atoms with Crippen molar-refractivity contribution >= 4 is 11.3 Å². The number of nitrogens with zero attached hydrogens (tertiary/aromatic N) is 1. The second-order valence-electron chi connectivity index (χ2n) is 4.97. The van der Waals surface area contributed by atoms with Crippen LogP contribution in [-0.2, 0) is 6.61 Å². The average molecular weight is 290 g/mol. The molecule has 0 saturated carbocycles. The molecule has 1 heterocycles. The molecule has 20 heavy (non-hydrogen) atoms. The summed E-state index contributed by atoms with van der Waals surface area (Å²) >= 11 is 1.59. The molecule has 0 radical (unpaired) electrons. The van der Waals surface area contributed by atoms with Crippen molar-refractivity contribution in [2.75, 3.05) is 6.54 Å². The van der Waals surface area contributed by atoms with Crippen LogP contribution in [0.15, 0.2) is 29.1 Å². The van der Waals surface area contributed by atoms with Crippen LogP contribution < -0.4 is 10.1 Å². The van der Waals surface area contributed by atoms with Gasteiger partial charge in [0.05, 0.1) is 11.2 Å². The van der Waals surface area contributed by atoms with Crippen molar-refractivity contribution in [1.29, 1.82) is 0 Å². The number of nitrogens with one attached hydrogen (secondary N) is 1. The smallest absolute Gasteiger partial charge is 0.131 e. The van der Waals surface area contributed by atoms with E-state index in [1.54, 1.807) is 11.3 Å². The summed E-state index contributed by atoms with van der Waals surface area (Å²) in [6, 6.07) is 6.77. The minimum Gasteiger partial charge on any atom is -0.487 e. The molecule has 2 aromatic rings. The van der Waals surface area contributed by atoms with Gasteiger partial charge in [-0.1, -0.05) is 19.1 Å². The normalized spacial score (nSPS) is 12.3. The van der Waals surface area contributed by atoms with Gasteiger partial charge in [0.15, 0.2) is 0 Å². The Morgan fingerprint density at radius 1 is 1.40 bits per heavy atom. The number of rotatable bonds is 7. The van der Waals surface area contributed by atoms with Crippen LogP contribution in [0.5, 0.6) is 5.75 Å². The Bertz CT molecular complexity index is 525. The molecule has 0 bridgehead atoms. The van der Waals surface area contributed by atoms with Crippen molar-refractivity contribution in [3.63, 3.8) is 0 Å². The predicted octanol–water partition coefficient (Wildman–Crippen LogP) is 4.09. The molecule has 0 amide bonds. The highest BCUT2D eigenvalue weighted by atomic mass is 32.1. The molecule has 0 fully saturated rings. The Morgan fingerprint density at radius 2 is 2.25 bits per heavy atom. The summed E-state index contributed by atoms with van der Waals surface area (Å²) in [4.78, 5) is 4.22. The van der Waals surface area contributed by atoms with Gasteiger partial charge in [-0.2, -0.15) is 0 Å². The van der Waals surface area contributed by atoms with Crippen LogP contribution in [0.2, 0.25) is 0 Å². The summed E-state index contributed by atoms with van der Waals surface area (Å²) in [5.41, 5.74) is 5.28. The number of benzene rings is 1. The summed E-state index contributed by atoms with van der Waals surface area (Å²) in [7, 11) is 0. The van der Waals surface area contributed by atoms with Crippen molar-refractivity contribution in [3.8, 4) is 5.75 Å². The zero-order valence-electron chi connectivity index (χ0n) is 12.3. The van der Waals surface area contributed by atoms with Gasteiger partial charge in [-0.25, -0.2) is 4.98 Å². The number of thiazole rings is 1. The molecule has 2 rings (SSSR count). The highest BCUT2D eigenvalue weighted by Crippen LogP contribution is 2.23. The van der Waals surface area contributed by atoms with E-state index in [1.807, 2.05) is 10.9 Å². The molecule has 1 N–H and O–H groups in total. The van der Waals surface area contributed by atoms with Gasteiger partial charge in [0.25, 0.3) is 0 Å². The summed E-state index contributed by atoms with van der Waals surface area (Å²) in [5.74, 6) is 0.935. The minimum absolute atomic E-state index is 0.376. The summed E-state index contributed by atoms with van der Waals surface area (Å²) in [6.07, 6.45) is 1.15. The Kier molecular flexibility index (Phi) is 5.56. The van der Waals surface area contributed by atoms with Gasteiger partial charge in [0.2, 0.25) is 0 Å². The van der Waals surface area contributed by atoms with E-state index in [0.29, 0.717) is 12.6 Å². The predicted molar refractivity (Wildman–Crippen MR) is 84.3 cm³/mol. The lowest BCUT2D eigenvalue weighted by molar-refractivity contribution is 0.300. The second-order valence-corrected chi connectivity index (χ2v) is 5.69. The topological polar surface area (TPSA) is 34.1 Å². The van der Waals surface area contributed by atoms with Crippen LogP contribution in [-0.4, -0.2) is 11.5 Å². The average Bonchev–Trinajstić information content (AvgIpc) is 2.96. The number of hydrogen-bond donors (Lipinski definition) is 1. The lowest BCUT2D eigenvalue weighted by Crippen LogP contribution is -2.19. The van der Waals surface area contributed by atoms with Crippen LogP contribution in [0, 0.1) is 6.92 Å². The van der Waals surface area contributed by atoms with Crippen LogP contribution in [0.3, 0.4) is 0 Å². The van der Waals surface area contributed by atoms with E-state index >= 15 is 0 Å². The SMILES string of the molecule is CCCNC(C)c1ccc(OCc2cscn2)c(C)c1. The third kappa shape index (κ3) is 4.05. The first-order valence-electron chi connectivity index (χ1n) is 7.04. The van der Waals surface area contributed by atoms with E-state index in [-0.39, 0.29) is 0 Å². The van der Waals surface area contributed by atoms with E-state index in [4.69, 9.17) is 4.74 Å². The van der Waals surface area contributed by atoms with Crippen molar-refractivity contribution in [1.82, 2.24) is 10.3 Å². The first-order chi connectivity index (χ1) is 9.70. The Labute approximate surface area is 125 Å². The van der Waals surface area contributed by atoms with E-state index in [2.05, 4.69) is 49.3 Å². The molecule has 1 aromatic carbocycles. The fourth-order valence-corrected chi connectivity index (χ4v) is 2.59. The van der Waals surface area contributed by atoms with E-state index in [1.165, 1.54) is 11.1 Å². The zero-order chi connectivity index (χ0) is 14.4. The molecule has 3 nitrogen and oxygen atoms in total. The molecular formula is C16H22N2OS. The second kappa shape index (κ2) is 7.41. The highest BCUT2D eigenvalue weighted by Gasteiger charge is 2.07. The Hall–Kier alpha value is -1.39. The van der Waals surface area contributed by atoms with Crippen LogP contribution in [0.4, 0.5) is 0 Å². The molecule has 4 heteroatoms. The van der Waals surface area contributed by atoms with Gasteiger partial charge in [0, 0.05) is 11.4 Å². The fourth-order valence-electron chi connectivity index (χ4n) is 2.04. The molecular weight excluding hydrogens is 268 g/mol. The van der Waals surface area contributed by atoms with Crippen molar-refractivity contribution in [3.05, 3.63) is 45.9 Å². The first kappa shape index (κ1) is 15.0. The van der Waals surface area contributed by atoms with Crippen LogP contribution in [0.1, 0.15) is 43.1 Å². The van der Waals surface area contributed by atoms with Gasteiger partial charge >= 0.3 is 0 Å². The summed E-state index contributed by atoms with van der Waals surface area (Å²) in [6.45, 7) is 8.04.